The molecule has 9 nitrogen and oxygen atoms in total. The molecular formula is C64H82N8O+2. The predicted octanol–water partition coefficient (Wildman–Crippen LogP) is 10.9. The molecule has 0 bridgehead atoms. The Morgan fingerprint density at radius 2 is 0.342 bits per heavy atom. The number of allylic oxidation sites excluding steroid dienone is 10. The highest BCUT2D eigenvalue weighted by molar-refractivity contribution is 6.11. The molecule has 0 unspecified atom stereocenters. The summed E-state index contributed by atoms with van der Waals surface area (Å²) in [6.45, 7) is 32.7. The first-order chi connectivity index (χ1) is 33.6. The Hall–Kier alpha value is -7.88. The van der Waals surface area contributed by atoms with Crippen molar-refractivity contribution in [1.29, 1.82) is 0 Å². The molecule has 73 heavy (non-hydrogen) atoms. The van der Waals surface area contributed by atoms with Crippen LogP contribution in [0.3, 0.4) is 0 Å². The Morgan fingerprint density at radius 1 is 0.233 bits per heavy atom. The molecular weight excluding hydrogens is 897 g/mol. The minimum absolute atomic E-state index is 0. The minimum atomic E-state index is 0. The van der Waals surface area contributed by atoms with E-state index < -0.39 is 0 Å². The first kappa shape index (κ1) is 57.7. The maximum Gasteiger partial charge on any atom is 0.202 e. The van der Waals surface area contributed by atoms with Gasteiger partial charge in [0.15, 0.2) is 0 Å². The fraction of sp³-hybridized carbons (Fsp3) is 0.250. The van der Waals surface area contributed by atoms with Gasteiger partial charge in [0, 0.05) is 56.4 Å². The lowest BCUT2D eigenvalue weighted by atomic mass is 9.88. The highest BCUT2D eigenvalue weighted by Crippen LogP contribution is 2.34. The molecule has 0 amide bonds. The van der Waals surface area contributed by atoms with Gasteiger partial charge in [-0.25, -0.2) is 0 Å². The highest BCUT2D eigenvalue weighted by Gasteiger charge is 2.20. The Labute approximate surface area is 435 Å². The second-order valence-electron chi connectivity index (χ2n) is 20.2. The van der Waals surface area contributed by atoms with Gasteiger partial charge in [0.2, 0.25) is 11.4 Å². The quantitative estimate of drug-likeness (QED) is 0.0802. The average molecular weight is 979 g/mol. The monoisotopic (exact) mass is 979 g/mol. The van der Waals surface area contributed by atoms with Crippen LogP contribution < -0.4 is 45.2 Å². The van der Waals surface area contributed by atoms with Crippen LogP contribution in [-0.2, 0) is 0 Å². The van der Waals surface area contributed by atoms with E-state index in [9.17, 15) is 0 Å². The summed E-state index contributed by atoms with van der Waals surface area (Å²) >= 11 is 0. The molecule has 0 heterocycles. The van der Waals surface area contributed by atoms with Crippen molar-refractivity contribution >= 4 is 45.5 Å². The summed E-state index contributed by atoms with van der Waals surface area (Å²) in [6.07, 6.45) is 8.53. The highest BCUT2D eigenvalue weighted by atomic mass is 16.0. The molecule has 18 N–H and O–H groups in total. The Morgan fingerprint density at radius 3 is 0.452 bits per heavy atom. The molecule has 0 saturated heterocycles. The molecule has 6 aromatic rings. The van der Waals surface area contributed by atoms with Gasteiger partial charge in [-0.05, 0) is 319 Å². The molecule has 0 saturated carbocycles. The second-order valence-corrected chi connectivity index (χ2v) is 20.2. The number of benzene rings is 6. The number of nitrogen functional groups attached to an aromatic ring is 6. The maximum absolute atomic E-state index is 5.99. The fourth-order valence-corrected chi connectivity index (χ4v) is 9.13. The third kappa shape index (κ3) is 13.4. The van der Waals surface area contributed by atoms with Crippen LogP contribution >= 0.6 is 0 Å². The number of hydrogen-bond acceptors (Lipinski definition) is 6. The number of anilines is 6. The Kier molecular flexibility index (Phi) is 18.6. The van der Waals surface area contributed by atoms with Crippen LogP contribution in [0.1, 0.15) is 94.5 Å². The minimum Gasteiger partial charge on any atom is -0.412 e. The van der Waals surface area contributed by atoms with Crippen molar-refractivity contribution in [3.05, 3.63) is 197 Å². The fourth-order valence-electron chi connectivity index (χ4n) is 9.13. The zero-order valence-corrected chi connectivity index (χ0v) is 46.4. The molecule has 0 aromatic heterocycles. The summed E-state index contributed by atoms with van der Waals surface area (Å²) in [5.74, 6) is 0. The topological polar surface area (TPSA) is 239 Å². The van der Waals surface area contributed by atoms with Gasteiger partial charge in [-0.15, -0.1) is 0 Å². The summed E-state index contributed by atoms with van der Waals surface area (Å²) in [4.78, 5) is 0. The smallest absolute Gasteiger partial charge is 0.202 e. The zero-order valence-electron chi connectivity index (χ0n) is 46.4. The predicted molar refractivity (Wildman–Crippen MR) is 318 cm³/mol. The molecule has 2 aliphatic rings. The van der Waals surface area contributed by atoms with Gasteiger partial charge in [0.05, 0.1) is 0 Å². The summed E-state index contributed by atoms with van der Waals surface area (Å²) in [6, 6.07) is 25.6. The Bertz CT molecular complexity index is 2670. The van der Waals surface area contributed by atoms with Crippen LogP contribution in [0.5, 0.6) is 0 Å². The summed E-state index contributed by atoms with van der Waals surface area (Å²) in [5.41, 5.74) is 70.5. The molecule has 0 atom stereocenters. The third-order valence-electron chi connectivity index (χ3n) is 14.1. The molecule has 6 aromatic carbocycles. The van der Waals surface area contributed by atoms with E-state index in [1.54, 1.807) is 0 Å². The Balaban J connectivity index is 0.000000210. The van der Waals surface area contributed by atoms with Crippen molar-refractivity contribution < 1.29 is 16.3 Å². The number of nitrogens with two attached hydrogens (primary N) is 8. The summed E-state index contributed by atoms with van der Waals surface area (Å²) in [7, 11) is 0. The van der Waals surface area contributed by atoms with Crippen LogP contribution in [0.25, 0.3) is 33.4 Å². The first-order valence-electron chi connectivity index (χ1n) is 24.5. The van der Waals surface area contributed by atoms with Crippen molar-refractivity contribution in [2.45, 2.75) is 111 Å². The average Bonchev–Trinajstić information content (AvgIpc) is 3.32. The number of hydrogen-bond donors (Lipinski definition) is 8. The number of rotatable bonds is 3. The van der Waals surface area contributed by atoms with E-state index in [4.69, 9.17) is 45.2 Å². The molecule has 0 radical (unpaired) electrons. The van der Waals surface area contributed by atoms with Crippen molar-refractivity contribution in [1.82, 2.24) is 0 Å². The zero-order chi connectivity index (χ0) is 53.8. The largest absolute Gasteiger partial charge is 0.412 e. The van der Waals surface area contributed by atoms with E-state index in [1.807, 2.05) is 111 Å². The lowest BCUT2D eigenvalue weighted by molar-refractivity contribution is -0.113. The van der Waals surface area contributed by atoms with Crippen LogP contribution in [0.2, 0.25) is 0 Å². The van der Waals surface area contributed by atoms with Crippen LogP contribution in [0.15, 0.2) is 131 Å². The van der Waals surface area contributed by atoms with Crippen molar-refractivity contribution in [2.24, 2.45) is 0 Å². The van der Waals surface area contributed by atoms with Gasteiger partial charge >= 0.3 is 0 Å². The van der Waals surface area contributed by atoms with Gasteiger partial charge in [0.1, 0.15) is 0 Å². The van der Waals surface area contributed by atoms with Gasteiger partial charge in [-0.2, -0.15) is 0 Å². The van der Waals surface area contributed by atoms with Crippen LogP contribution in [0, 0.1) is 83.1 Å². The number of aryl methyl sites for hydroxylation is 12. The molecule has 0 fully saturated rings. The lowest BCUT2D eigenvalue weighted by Crippen LogP contribution is -2.42. The first-order valence-corrected chi connectivity index (χ1v) is 24.5. The van der Waals surface area contributed by atoms with E-state index in [0.717, 1.165) is 135 Å². The maximum atomic E-state index is 5.99. The van der Waals surface area contributed by atoms with Gasteiger partial charge in [0.25, 0.3) is 0 Å². The molecule has 8 rings (SSSR count). The van der Waals surface area contributed by atoms with Gasteiger partial charge in [-0.3, -0.25) is 10.8 Å². The van der Waals surface area contributed by atoms with Crippen molar-refractivity contribution in [2.75, 3.05) is 34.4 Å². The molecule has 0 aliphatic heterocycles. The van der Waals surface area contributed by atoms with Crippen molar-refractivity contribution in [3.8, 4) is 33.4 Å². The van der Waals surface area contributed by atoms with E-state index in [-0.39, 0.29) is 5.48 Å². The molecule has 382 valence electrons. The standard InChI is InChI=1S/3C16H20N2.C16H18N2.H2O/c4*1-9-5-13(6-10(2)15(9)17)14-7-11(3)16(18)12(4)8-14;/h3*5-8H,17-18H2,1-4H3;5-8,17-18H,1-4H3;1H2/p+2. The lowest BCUT2D eigenvalue weighted by Gasteiger charge is -2.14. The summed E-state index contributed by atoms with van der Waals surface area (Å²) in [5, 5.41) is 12.0. The van der Waals surface area contributed by atoms with Gasteiger partial charge in [-0.1, -0.05) is 0 Å². The second kappa shape index (κ2) is 23.6. The molecule has 2 aliphatic carbocycles. The van der Waals surface area contributed by atoms with Crippen LogP contribution in [0.4, 0.5) is 34.1 Å². The SMILES string of the molecule is CC1=CC(=C2C=C(C)C(=[NH2+])C(C)=C2)C=C(C)C1=[NH2+].Cc1cc(-c2cc(C)c(N)c(C)c2)cc(C)c1N.Cc1cc(-c2cc(C)c(N)c(C)c2)cc(C)c1N.Cc1cc(-c2cc(C)c(N)c(C)c2)cc(C)c1N.O. The molecule has 9 heteroatoms. The molecule has 0 spiro atoms. The van der Waals surface area contributed by atoms with Crippen molar-refractivity contribution in [3.63, 3.8) is 0 Å². The van der Waals surface area contributed by atoms with Crippen LogP contribution in [-0.4, -0.2) is 16.9 Å². The summed E-state index contributed by atoms with van der Waals surface area (Å²) < 4.78 is 0. The van der Waals surface area contributed by atoms with E-state index in [2.05, 4.69) is 97.1 Å². The normalized spacial score (nSPS) is 12.9. The van der Waals surface area contributed by atoms with E-state index in [0.29, 0.717) is 0 Å². The van der Waals surface area contributed by atoms with E-state index >= 15 is 0 Å². The van der Waals surface area contributed by atoms with Gasteiger partial charge < -0.3 is 39.9 Å². The van der Waals surface area contributed by atoms with E-state index in [1.165, 1.54) is 44.5 Å². The third-order valence-corrected chi connectivity index (χ3v) is 14.1.